The zero-order chi connectivity index (χ0) is 20.2. The second-order valence-corrected chi connectivity index (χ2v) is 6.84. The molecule has 4 aromatic rings. The first-order valence-corrected chi connectivity index (χ1v) is 9.37. The van der Waals surface area contributed by atoms with E-state index in [-0.39, 0.29) is 5.91 Å². The van der Waals surface area contributed by atoms with Crippen molar-refractivity contribution >= 4 is 16.8 Å². The number of pyridine rings is 2. The van der Waals surface area contributed by atoms with E-state index in [4.69, 9.17) is 9.72 Å². The molecule has 0 saturated carbocycles. The topological polar surface area (TPSA) is 64.1 Å². The summed E-state index contributed by atoms with van der Waals surface area (Å²) in [5.74, 6) is 0.648. The maximum absolute atomic E-state index is 13.1. The van der Waals surface area contributed by atoms with Crippen molar-refractivity contribution in [2.75, 3.05) is 7.11 Å². The summed E-state index contributed by atoms with van der Waals surface area (Å²) in [5.41, 5.74) is 5.16. The highest BCUT2D eigenvalue weighted by molar-refractivity contribution is 6.07. The van der Waals surface area contributed by atoms with Gasteiger partial charge in [-0.2, -0.15) is 0 Å². The Morgan fingerprint density at radius 3 is 2.48 bits per heavy atom. The minimum absolute atomic E-state index is 0.130. The number of nitrogens with zero attached hydrogens (tertiary/aromatic N) is 2. The van der Waals surface area contributed by atoms with Crippen molar-refractivity contribution in [3.63, 3.8) is 0 Å². The number of aromatic nitrogens is 2. The molecule has 0 aliphatic heterocycles. The highest BCUT2D eigenvalue weighted by Crippen LogP contribution is 2.27. The van der Waals surface area contributed by atoms with Crippen LogP contribution in [0.1, 0.15) is 21.5 Å². The molecule has 1 amide bonds. The normalized spacial score (nSPS) is 10.7. The van der Waals surface area contributed by atoms with Gasteiger partial charge in [0, 0.05) is 29.9 Å². The zero-order valence-corrected chi connectivity index (χ0v) is 16.3. The van der Waals surface area contributed by atoms with Crippen LogP contribution in [0.25, 0.3) is 22.2 Å². The predicted molar refractivity (Wildman–Crippen MR) is 114 cm³/mol. The number of carbonyl (C=O) groups excluding carboxylic acids is 1. The molecule has 0 unspecified atom stereocenters. The lowest BCUT2D eigenvalue weighted by molar-refractivity contribution is 0.0952. The monoisotopic (exact) mass is 383 g/mol. The molecule has 2 heterocycles. The number of ether oxygens (including phenoxy) is 1. The molecule has 1 N–H and O–H groups in total. The second kappa shape index (κ2) is 8.10. The van der Waals surface area contributed by atoms with E-state index in [9.17, 15) is 4.79 Å². The van der Waals surface area contributed by atoms with E-state index in [1.54, 1.807) is 19.5 Å². The summed E-state index contributed by atoms with van der Waals surface area (Å²) in [6, 6.07) is 19.3. The fraction of sp³-hybridized carbons (Fsp3) is 0.125. The Morgan fingerprint density at radius 2 is 1.76 bits per heavy atom. The lowest BCUT2D eigenvalue weighted by Crippen LogP contribution is -2.23. The van der Waals surface area contributed by atoms with Crippen LogP contribution in [0.2, 0.25) is 0 Å². The van der Waals surface area contributed by atoms with Crippen molar-refractivity contribution in [1.29, 1.82) is 0 Å². The Bertz CT molecular complexity index is 1160. The van der Waals surface area contributed by atoms with Gasteiger partial charge in [-0.3, -0.25) is 9.78 Å². The molecule has 4 rings (SSSR count). The van der Waals surface area contributed by atoms with Crippen LogP contribution in [0.15, 0.2) is 73.1 Å². The Hall–Kier alpha value is -3.73. The van der Waals surface area contributed by atoms with Gasteiger partial charge in [-0.1, -0.05) is 11.6 Å². The molecule has 2 aromatic carbocycles. The van der Waals surface area contributed by atoms with Crippen molar-refractivity contribution in [1.82, 2.24) is 15.3 Å². The average Bonchev–Trinajstić information content (AvgIpc) is 2.77. The van der Waals surface area contributed by atoms with Crippen molar-refractivity contribution in [3.8, 4) is 17.0 Å². The summed E-state index contributed by atoms with van der Waals surface area (Å²) in [4.78, 5) is 21.8. The van der Waals surface area contributed by atoms with Crippen molar-refractivity contribution in [2.45, 2.75) is 13.5 Å². The van der Waals surface area contributed by atoms with Crippen LogP contribution < -0.4 is 10.1 Å². The Labute approximate surface area is 169 Å². The number of carbonyl (C=O) groups is 1. The molecule has 0 bridgehead atoms. The number of aryl methyl sites for hydroxylation is 1. The highest BCUT2D eigenvalue weighted by atomic mass is 16.5. The molecule has 0 aliphatic carbocycles. The molecule has 2 aromatic heterocycles. The number of benzene rings is 2. The van der Waals surface area contributed by atoms with E-state index in [1.165, 1.54) is 0 Å². The summed E-state index contributed by atoms with van der Waals surface area (Å²) in [5, 5.41) is 3.85. The van der Waals surface area contributed by atoms with Gasteiger partial charge >= 0.3 is 0 Å². The Kier molecular flexibility index (Phi) is 5.20. The largest absolute Gasteiger partial charge is 0.497 e. The van der Waals surface area contributed by atoms with E-state index in [0.717, 1.165) is 39.0 Å². The smallest absolute Gasteiger partial charge is 0.252 e. The van der Waals surface area contributed by atoms with Gasteiger partial charge in [0.25, 0.3) is 5.91 Å². The van der Waals surface area contributed by atoms with Gasteiger partial charge in [0.05, 0.1) is 23.9 Å². The predicted octanol–water partition coefficient (Wildman–Crippen LogP) is 4.54. The number of hydrogen-bond donors (Lipinski definition) is 1. The van der Waals surface area contributed by atoms with E-state index in [2.05, 4.69) is 10.3 Å². The van der Waals surface area contributed by atoms with E-state index in [0.29, 0.717) is 12.1 Å². The molecule has 0 spiro atoms. The van der Waals surface area contributed by atoms with E-state index >= 15 is 0 Å². The molecule has 29 heavy (non-hydrogen) atoms. The summed E-state index contributed by atoms with van der Waals surface area (Å²) in [6.07, 6.45) is 3.43. The van der Waals surface area contributed by atoms with Crippen LogP contribution in [-0.4, -0.2) is 23.0 Å². The van der Waals surface area contributed by atoms with Crippen molar-refractivity contribution in [2.24, 2.45) is 0 Å². The molecule has 5 heteroatoms. The number of nitrogens with one attached hydrogen (secondary N) is 1. The molecule has 0 atom stereocenters. The van der Waals surface area contributed by atoms with E-state index < -0.39 is 0 Å². The van der Waals surface area contributed by atoms with Gasteiger partial charge in [0.2, 0.25) is 0 Å². The number of rotatable bonds is 5. The first-order valence-electron chi connectivity index (χ1n) is 9.37. The number of hydrogen-bond acceptors (Lipinski definition) is 4. The molecule has 5 nitrogen and oxygen atoms in total. The van der Waals surface area contributed by atoms with Crippen LogP contribution >= 0.6 is 0 Å². The van der Waals surface area contributed by atoms with Crippen LogP contribution in [0.5, 0.6) is 5.75 Å². The Morgan fingerprint density at radius 1 is 1.00 bits per heavy atom. The third-order valence-electron chi connectivity index (χ3n) is 4.80. The first-order chi connectivity index (χ1) is 14.1. The first kappa shape index (κ1) is 18.6. The number of amides is 1. The number of methoxy groups -OCH3 is 1. The fourth-order valence-corrected chi connectivity index (χ4v) is 3.22. The van der Waals surface area contributed by atoms with Crippen LogP contribution in [0.4, 0.5) is 0 Å². The zero-order valence-electron chi connectivity index (χ0n) is 16.3. The standard InChI is InChI=1S/C24H21N3O2/c1-16-3-8-22-20(13-16)21(24(28)26-15-17-9-11-25-12-10-17)14-23(27-22)18-4-6-19(29-2)7-5-18/h3-14H,15H2,1-2H3,(H,26,28). The SMILES string of the molecule is COc1ccc(-c2cc(C(=O)NCc3ccncc3)c3cc(C)ccc3n2)cc1. The van der Waals surface area contributed by atoms with E-state index in [1.807, 2.05) is 67.6 Å². The average molecular weight is 383 g/mol. The lowest BCUT2D eigenvalue weighted by atomic mass is 10.0. The molecule has 144 valence electrons. The summed E-state index contributed by atoms with van der Waals surface area (Å²) in [6.45, 7) is 2.45. The molecular weight excluding hydrogens is 362 g/mol. The second-order valence-electron chi connectivity index (χ2n) is 6.84. The lowest BCUT2D eigenvalue weighted by Gasteiger charge is -2.12. The highest BCUT2D eigenvalue weighted by Gasteiger charge is 2.14. The molecular formula is C24H21N3O2. The van der Waals surface area contributed by atoms with Gasteiger partial charge in [-0.25, -0.2) is 4.98 Å². The maximum atomic E-state index is 13.1. The summed E-state index contributed by atoms with van der Waals surface area (Å²) < 4.78 is 5.24. The third-order valence-corrected chi connectivity index (χ3v) is 4.80. The van der Waals surface area contributed by atoms with Crippen molar-refractivity contribution in [3.05, 3.63) is 89.7 Å². The van der Waals surface area contributed by atoms with Crippen LogP contribution in [0.3, 0.4) is 0 Å². The third kappa shape index (κ3) is 4.09. The molecule has 0 radical (unpaired) electrons. The Balaban J connectivity index is 1.73. The van der Waals surface area contributed by atoms with Gasteiger partial charge in [0.15, 0.2) is 0 Å². The summed E-state index contributed by atoms with van der Waals surface area (Å²) in [7, 11) is 1.64. The quantitative estimate of drug-likeness (QED) is 0.549. The van der Waals surface area contributed by atoms with Crippen LogP contribution in [-0.2, 0) is 6.54 Å². The van der Waals surface area contributed by atoms with Gasteiger partial charge in [-0.15, -0.1) is 0 Å². The van der Waals surface area contributed by atoms with Crippen molar-refractivity contribution < 1.29 is 9.53 Å². The maximum Gasteiger partial charge on any atom is 0.252 e. The molecule has 0 aliphatic rings. The minimum Gasteiger partial charge on any atom is -0.497 e. The van der Waals surface area contributed by atoms with Crippen LogP contribution in [0, 0.1) is 6.92 Å². The van der Waals surface area contributed by atoms with Gasteiger partial charge < -0.3 is 10.1 Å². The summed E-state index contributed by atoms with van der Waals surface area (Å²) >= 11 is 0. The minimum atomic E-state index is -0.130. The number of fused-ring (bicyclic) bond motifs is 1. The fourth-order valence-electron chi connectivity index (χ4n) is 3.22. The molecule has 0 saturated heterocycles. The molecule has 0 fully saturated rings. The van der Waals surface area contributed by atoms with Gasteiger partial charge in [0.1, 0.15) is 5.75 Å². The van der Waals surface area contributed by atoms with Gasteiger partial charge in [-0.05, 0) is 67.1 Å².